The summed E-state index contributed by atoms with van der Waals surface area (Å²) >= 11 is 0. The molecule has 4 rings (SSSR count). The number of aromatic nitrogens is 2. The second kappa shape index (κ2) is 7.37. The third-order valence-electron chi connectivity index (χ3n) is 4.91. The van der Waals surface area contributed by atoms with Gasteiger partial charge in [-0.3, -0.25) is 4.90 Å². The number of ether oxygens (including phenoxy) is 3. The van der Waals surface area contributed by atoms with Crippen LogP contribution in [0.1, 0.15) is 18.4 Å². The molecule has 0 amide bonds. The van der Waals surface area contributed by atoms with Crippen LogP contribution < -0.4 is 9.47 Å². The Kier molecular flexibility index (Phi) is 4.81. The predicted octanol–water partition coefficient (Wildman–Crippen LogP) is 2.30. The molecule has 2 fully saturated rings. The van der Waals surface area contributed by atoms with Gasteiger partial charge in [-0.1, -0.05) is 12.1 Å². The van der Waals surface area contributed by atoms with Crippen molar-refractivity contribution >= 4 is 0 Å². The molecule has 3 atom stereocenters. The molecule has 2 aromatic heterocycles. The van der Waals surface area contributed by atoms with Gasteiger partial charge in [-0.15, -0.1) is 0 Å². The zero-order chi connectivity index (χ0) is 17.1. The van der Waals surface area contributed by atoms with Crippen LogP contribution in [0.3, 0.4) is 0 Å². The topological polar surface area (TPSA) is 56.7 Å². The van der Waals surface area contributed by atoms with Crippen molar-refractivity contribution in [2.75, 3.05) is 20.3 Å². The van der Waals surface area contributed by atoms with Crippen LogP contribution in [0.4, 0.5) is 0 Å². The highest BCUT2D eigenvalue weighted by molar-refractivity contribution is 5.25. The number of pyridine rings is 2. The fourth-order valence-corrected chi connectivity index (χ4v) is 3.81. The first-order valence-corrected chi connectivity index (χ1v) is 8.76. The summed E-state index contributed by atoms with van der Waals surface area (Å²) in [5, 5.41) is 0. The van der Waals surface area contributed by atoms with Crippen molar-refractivity contribution in [3.05, 3.63) is 48.3 Å². The van der Waals surface area contributed by atoms with E-state index in [1.54, 1.807) is 19.5 Å². The standard InChI is InChI=1S/C19H23N3O3/c1-23-19-14(6-4-10-21-19)12-22-13-16(18-15(22)7-5-11-24-18)25-17-8-2-3-9-20-17/h2-4,6,8-10,15-16,18H,5,7,11-13H2,1H3/t15-,16+,18+/m1/s1. The van der Waals surface area contributed by atoms with Gasteiger partial charge in [0.25, 0.3) is 0 Å². The maximum atomic E-state index is 6.14. The third kappa shape index (κ3) is 3.45. The SMILES string of the molecule is COc1ncccc1CN1C[C@H](Oc2ccccn2)[C@H]2OCCC[C@H]21. The van der Waals surface area contributed by atoms with Gasteiger partial charge < -0.3 is 14.2 Å². The van der Waals surface area contributed by atoms with Crippen molar-refractivity contribution in [1.29, 1.82) is 0 Å². The van der Waals surface area contributed by atoms with E-state index in [-0.39, 0.29) is 12.2 Å². The number of rotatable bonds is 5. The largest absolute Gasteiger partial charge is 0.481 e. The van der Waals surface area contributed by atoms with E-state index >= 15 is 0 Å². The van der Waals surface area contributed by atoms with Crippen LogP contribution >= 0.6 is 0 Å². The first kappa shape index (κ1) is 16.3. The molecule has 0 bridgehead atoms. The number of nitrogens with zero attached hydrogens (tertiary/aromatic N) is 3. The van der Waals surface area contributed by atoms with Gasteiger partial charge in [0.05, 0.1) is 7.11 Å². The molecule has 2 aliphatic rings. The first-order chi connectivity index (χ1) is 12.3. The second-order valence-corrected chi connectivity index (χ2v) is 6.47. The summed E-state index contributed by atoms with van der Waals surface area (Å²) in [6.45, 7) is 2.39. The van der Waals surface area contributed by atoms with Gasteiger partial charge in [0.1, 0.15) is 12.2 Å². The van der Waals surface area contributed by atoms with E-state index in [1.807, 2.05) is 24.3 Å². The average molecular weight is 341 g/mol. The van der Waals surface area contributed by atoms with Crippen molar-refractivity contribution in [3.63, 3.8) is 0 Å². The lowest BCUT2D eigenvalue weighted by Crippen LogP contribution is -2.42. The number of fused-ring (bicyclic) bond motifs is 1. The Morgan fingerprint density at radius 3 is 2.96 bits per heavy atom. The molecule has 132 valence electrons. The molecule has 0 saturated carbocycles. The lowest BCUT2D eigenvalue weighted by molar-refractivity contribution is -0.0480. The molecular weight excluding hydrogens is 318 g/mol. The zero-order valence-corrected chi connectivity index (χ0v) is 14.4. The number of methoxy groups -OCH3 is 1. The normalized spacial score (nSPS) is 26.2. The number of hydrogen-bond donors (Lipinski definition) is 0. The molecular formula is C19H23N3O3. The van der Waals surface area contributed by atoms with Gasteiger partial charge in [0, 0.05) is 49.8 Å². The molecule has 2 saturated heterocycles. The second-order valence-electron chi connectivity index (χ2n) is 6.47. The highest BCUT2D eigenvalue weighted by atomic mass is 16.5. The molecule has 0 radical (unpaired) electrons. The third-order valence-corrected chi connectivity index (χ3v) is 4.91. The maximum absolute atomic E-state index is 6.14. The van der Waals surface area contributed by atoms with Crippen molar-refractivity contribution in [2.24, 2.45) is 0 Å². The first-order valence-electron chi connectivity index (χ1n) is 8.76. The van der Waals surface area contributed by atoms with Crippen LogP contribution in [0, 0.1) is 0 Å². The fraction of sp³-hybridized carbons (Fsp3) is 0.474. The Hall–Kier alpha value is -2.18. The van der Waals surface area contributed by atoms with E-state index < -0.39 is 0 Å². The van der Waals surface area contributed by atoms with E-state index in [2.05, 4.69) is 20.9 Å². The highest BCUT2D eigenvalue weighted by Crippen LogP contribution is 2.33. The van der Waals surface area contributed by atoms with E-state index in [1.165, 1.54) is 0 Å². The lowest BCUT2D eigenvalue weighted by atomic mass is 10.0. The van der Waals surface area contributed by atoms with E-state index in [4.69, 9.17) is 14.2 Å². The molecule has 4 heterocycles. The van der Waals surface area contributed by atoms with Gasteiger partial charge in [-0.25, -0.2) is 9.97 Å². The predicted molar refractivity (Wildman–Crippen MR) is 92.6 cm³/mol. The van der Waals surface area contributed by atoms with Crippen LogP contribution in [0.25, 0.3) is 0 Å². The molecule has 6 heteroatoms. The molecule has 0 N–H and O–H groups in total. The van der Waals surface area contributed by atoms with Gasteiger partial charge in [-0.05, 0) is 25.0 Å². The molecule has 0 aromatic carbocycles. The summed E-state index contributed by atoms with van der Waals surface area (Å²) in [6.07, 6.45) is 5.78. The summed E-state index contributed by atoms with van der Waals surface area (Å²) in [6, 6.07) is 10.1. The Morgan fingerprint density at radius 1 is 1.20 bits per heavy atom. The molecule has 0 unspecified atom stereocenters. The number of likely N-dealkylation sites (tertiary alicyclic amines) is 1. The average Bonchev–Trinajstić information content (AvgIpc) is 3.01. The van der Waals surface area contributed by atoms with E-state index in [0.717, 1.165) is 38.1 Å². The van der Waals surface area contributed by atoms with Crippen LogP contribution in [0.15, 0.2) is 42.7 Å². The molecule has 25 heavy (non-hydrogen) atoms. The smallest absolute Gasteiger partial charge is 0.217 e. The van der Waals surface area contributed by atoms with Crippen molar-refractivity contribution in [2.45, 2.75) is 37.6 Å². The van der Waals surface area contributed by atoms with Gasteiger partial charge in [0.2, 0.25) is 11.8 Å². The summed E-state index contributed by atoms with van der Waals surface area (Å²) in [5.41, 5.74) is 1.09. The van der Waals surface area contributed by atoms with E-state index in [9.17, 15) is 0 Å². The van der Waals surface area contributed by atoms with Crippen molar-refractivity contribution in [1.82, 2.24) is 14.9 Å². The molecule has 2 aliphatic heterocycles. The summed E-state index contributed by atoms with van der Waals surface area (Å²) in [5.74, 6) is 1.34. The summed E-state index contributed by atoms with van der Waals surface area (Å²) < 4.78 is 17.6. The Labute approximate surface area is 147 Å². The maximum Gasteiger partial charge on any atom is 0.217 e. The van der Waals surface area contributed by atoms with Crippen molar-refractivity contribution in [3.8, 4) is 11.8 Å². The Morgan fingerprint density at radius 2 is 2.12 bits per heavy atom. The summed E-state index contributed by atoms with van der Waals surface area (Å²) in [4.78, 5) is 11.0. The van der Waals surface area contributed by atoms with Crippen molar-refractivity contribution < 1.29 is 14.2 Å². The minimum atomic E-state index is -0.0112. The number of hydrogen-bond acceptors (Lipinski definition) is 6. The summed E-state index contributed by atoms with van der Waals surface area (Å²) in [7, 11) is 1.66. The fourth-order valence-electron chi connectivity index (χ4n) is 3.81. The molecule has 2 aromatic rings. The Bertz CT molecular complexity index is 697. The van der Waals surface area contributed by atoms with Gasteiger partial charge in [0.15, 0.2) is 0 Å². The molecule has 6 nitrogen and oxygen atoms in total. The van der Waals surface area contributed by atoms with Crippen LogP contribution in [-0.2, 0) is 11.3 Å². The monoisotopic (exact) mass is 341 g/mol. The van der Waals surface area contributed by atoms with Gasteiger partial charge >= 0.3 is 0 Å². The molecule has 0 spiro atoms. The van der Waals surface area contributed by atoms with Crippen LogP contribution in [-0.4, -0.2) is 53.4 Å². The zero-order valence-electron chi connectivity index (χ0n) is 14.4. The molecule has 0 aliphatic carbocycles. The minimum absolute atomic E-state index is 0.0112. The lowest BCUT2D eigenvalue weighted by Gasteiger charge is -2.32. The minimum Gasteiger partial charge on any atom is -0.481 e. The Balaban J connectivity index is 1.52. The van der Waals surface area contributed by atoms with Crippen LogP contribution in [0.2, 0.25) is 0 Å². The van der Waals surface area contributed by atoms with Crippen LogP contribution in [0.5, 0.6) is 11.8 Å². The van der Waals surface area contributed by atoms with E-state index in [0.29, 0.717) is 17.8 Å². The van der Waals surface area contributed by atoms with Gasteiger partial charge in [-0.2, -0.15) is 0 Å². The highest BCUT2D eigenvalue weighted by Gasteiger charge is 2.45. The quantitative estimate of drug-likeness (QED) is 0.832.